The number of rotatable bonds is 11. The molecule has 7 nitrogen and oxygen atoms in total. The van der Waals surface area contributed by atoms with Gasteiger partial charge in [0.15, 0.2) is 0 Å². The van der Waals surface area contributed by atoms with Crippen LogP contribution in [0.25, 0.3) is 11.4 Å². The molecule has 0 unspecified atom stereocenters. The highest BCUT2D eigenvalue weighted by atomic mass is 35.5. The number of anilines is 1. The van der Waals surface area contributed by atoms with Crippen LogP contribution in [0.4, 0.5) is 5.69 Å². The highest BCUT2D eigenvalue weighted by molar-refractivity contribution is 6.30. The molecule has 8 heteroatoms. The lowest BCUT2D eigenvalue weighted by Crippen LogP contribution is -2.15. The van der Waals surface area contributed by atoms with Crippen LogP contribution < -0.4 is 10.1 Å². The molecule has 1 aromatic heterocycles. The third kappa shape index (κ3) is 7.70. The number of aryl methyl sites for hydroxylation is 1. The molecule has 0 aliphatic rings. The van der Waals surface area contributed by atoms with Gasteiger partial charge in [-0.05, 0) is 75.5 Å². The average Bonchev–Trinajstić information content (AvgIpc) is 3.21. The normalized spacial score (nSPS) is 11.0. The van der Waals surface area contributed by atoms with Gasteiger partial charge < -0.3 is 19.5 Å². The summed E-state index contributed by atoms with van der Waals surface area (Å²) in [5.41, 5.74) is 1.58. The van der Waals surface area contributed by atoms with Crippen molar-refractivity contribution >= 4 is 23.2 Å². The molecule has 2 aromatic carbocycles. The zero-order valence-electron chi connectivity index (χ0n) is 17.8. The van der Waals surface area contributed by atoms with E-state index in [2.05, 4.69) is 20.4 Å². The number of hydrogen-bond acceptors (Lipinski definition) is 6. The van der Waals surface area contributed by atoms with Crippen molar-refractivity contribution in [2.24, 2.45) is 0 Å². The molecule has 0 bridgehead atoms. The Morgan fingerprint density at radius 2 is 1.84 bits per heavy atom. The molecule has 0 saturated heterocycles. The van der Waals surface area contributed by atoms with E-state index in [0.717, 1.165) is 30.0 Å². The Kier molecular flexibility index (Phi) is 8.44. The minimum Gasteiger partial charge on any atom is -0.494 e. The number of nitrogens with one attached hydrogen (secondary N) is 1. The summed E-state index contributed by atoms with van der Waals surface area (Å²) in [6, 6.07) is 14.6. The molecule has 1 N–H and O–H groups in total. The lowest BCUT2D eigenvalue weighted by molar-refractivity contribution is -0.116. The maximum absolute atomic E-state index is 12.2. The van der Waals surface area contributed by atoms with Crippen LogP contribution in [0, 0.1) is 0 Å². The number of nitrogens with zero attached hydrogens (tertiary/aromatic N) is 3. The van der Waals surface area contributed by atoms with Crippen molar-refractivity contribution < 1.29 is 14.1 Å². The van der Waals surface area contributed by atoms with Crippen LogP contribution in [0.1, 0.15) is 25.2 Å². The van der Waals surface area contributed by atoms with Gasteiger partial charge in [-0.3, -0.25) is 4.79 Å². The van der Waals surface area contributed by atoms with Crippen LogP contribution in [0.15, 0.2) is 53.1 Å². The monoisotopic (exact) mass is 442 g/mol. The van der Waals surface area contributed by atoms with Gasteiger partial charge in [0.2, 0.25) is 17.6 Å². The van der Waals surface area contributed by atoms with Crippen molar-refractivity contribution in [1.82, 2.24) is 15.0 Å². The Morgan fingerprint density at radius 3 is 2.55 bits per heavy atom. The zero-order chi connectivity index (χ0) is 22.1. The Bertz CT molecular complexity index is 956. The van der Waals surface area contributed by atoms with Gasteiger partial charge in [0, 0.05) is 35.7 Å². The van der Waals surface area contributed by atoms with Gasteiger partial charge in [-0.2, -0.15) is 4.98 Å². The molecule has 164 valence electrons. The molecule has 0 radical (unpaired) electrons. The number of carbonyl (C=O) groups is 1. The number of hydrogen-bond donors (Lipinski definition) is 1. The van der Waals surface area contributed by atoms with E-state index in [4.69, 9.17) is 20.9 Å². The van der Waals surface area contributed by atoms with Crippen molar-refractivity contribution in [1.29, 1.82) is 0 Å². The van der Waals surface area contributed by atoms with Gasteiger partial charge >= 0.3 is 0 Å². The molecular formula is C23H27ClN4O3. The topological polar surface area (TPSA) is 80.5 Å². The Balaban J connectivity index is 1.38. The minimum atomic E-state index is -0.0582. The van der Waals surface area contributed by atoms with E-state index in [1.165, 1.54) is 0 Å². The molecule has 3 aromatic rings. The summed E-state index contributed by atoms with van der Waals surface area (Å²) in [5.74, 6) is 1.76. The van der Waals surface area contributed by atoms with Crippen LogP contribution in [0.2, 0.25) is 5.02 Å². The molecule has 0 atom stereocenters. The van der Waals surface area contributed by atoms with Gasteiger partial charge in [-0.25, -0.2) is 0 Å². The van der Waals surface area contributed by atoms with E-state index >= 15 is 0 Å². The van der Waals surface area contributed by atoms with Crippen LogP contribution >= 0.6 is 11.6 Å². The molecule has 0 aliphatic heterocycles. The lowest BCUT2D eigenvalue weighted by atomic mass is 10.2. The van der Waals surface area contributed by atoms with Gasteiger partial charge in [0.05, 0.1) is 6.61 Å². The predicted molar refractivity (Wildman–Crippen MR) is 121 cm³/mol. The minimum absolute atomic E-state index is 0.0582. The lowest BCUT2D eigenvalue weighted by Gasteiger charge is -2.11. The molecule has 1 amide bonds. The second-order valence-corrected chi connectivity index (χ2v) is 7.89. The fraction of sp³-hybridized carbons (Fsp3) is 0.348. The van der Waals surface area contributed by atoms with E-state index < -0.39 is 0 Å². The predicted octanol–water partition coefficient (Wildman–Crippen LogP) is 4.68. The molecule has 3 rings (SSSR count). The second-order valence-electron chi connectivity index (χ2n) is 7.45. The molecular weight excluding hydrogens is 416 g/mol. The third-order valence-electron chi connectivity index (χ3n) is 4.52. The van der Waals surface area contributed by atoms with Crippen molar-refractivity contribution in [3.63, 3.8) is 0 Å². The molecule has 31 heavy (non-hydrogen) atoms. The van der Waals surface area contributed by atoms with Crippen molar-refractivity contribution in [2.75, 3.05) is 32.6 Å². The average molecular weight is 443 g/mol. The van der Waals surface area contributed by atoms with E-state index in [9.17, 15) is 4.79 Å². The summed E-state index contributed by atoms with van der Waals surface area (Å²) in [4.78, 5) is 18.7. The Labute approximate surface area is 187 Å². The van der Waals surface area contributed by atoms with Crippen LogP contribution in [-0.4, -0.2) is 48.2 Å². The molecule has 0 fully saturated rings. The van der Waals surface area contributed by atoms with Crippen LogP contribution in [-0.2, 0) is 11.2 Å². The highest BCUT2D eigenvalue weighted by Crippen LogP contribution is 2.19. The fourth-order valence-corrected chi connectivity index (χ4v) is 3.03. The van der Waals surface area contributed by atoms with E-state index in [0.29, 0.717) is 42.6 Å². The Morgan fingerprint density at radius 1 is 1.10 bits per heavy atom. The summed E-state index contributed by atoms with van der Waals surface area (Å²) in [6.45, 7) is 1.65. The van der Waals surface area contributed by atoms with Gasteiger partial charge in [-0.15, -0.1) is 0 Å². The largest absolute Gasteiger partial charge is 0.494 e. The third-order valence-corrected chi connectivity index (χ3v) is 4.77. The first-order valence-electron chi connectivity index (χ1n) is 10.3. The first-order valence-corrected chi connectivity index (χ1v) is 10.6. The number of carbonyl (C=O) groups excluding carboxylic acids is 1. The number of benzene rings is 2. The van der Waals surface area contributed by atoms with Gasteiger partial charge in [0.1, 0.15) is 5.75 Å². The number of aromatic nitrogens is 2. The smallest absolute Gasteiger partial charge is 0.226 e. The summed E-state index contributed by atoms with van der Waals surface area (Å²) in [6.07, 6.45) is 2.48. The first kappa shape index (κ1) is 22.8. The van der Waals surface area contributed by atoms with Gasteiger partial charge in [0.25, 0.3) is 0 Å². The standard InChI is InChI=1S/C23H27ClN4O3/c1-28(2)15-4-16-30-20-13-11-19(12-14-20)25-21(29)5-3-6-22-26-23(27-31-22)17-7-9-18(24)10-8-17/h7-14H,3-6,15-16H2,1-2H3,(H,25,29). The zero-order valence-corrected chi connectivity index (χ0v) is 18.6. The number of halogens is 1. The summed E-state index contributed by atoms with van der Waals surface area (Å²) in [7, 11) is 4.08. The summed E-state index contributed by atoms with van der Waals surface area (Å²) < 4.78 is 11.0. The molecule has 1 heterocycles. The maximum Gasteiger partial charge on any atom is 0.226 e. The van der Waals surface area contributed by atoms with Crippen LogP contribution in [0.3, 0.4) is 0 Å². The molecule has 0 saturated carbocycles. The Hall–Kier alpha value is -2.90. The second kappa shape index (κ2) is 11.5. The van der Waals surface area contributed by atoms with Gasteiger partial charge in [-0.1, -0.05) is 16.8 Å². The van der Waals surface area contributed by atoms with E-state index in [-0.39, 0.29) is 5.91 Å². The summed E-state index contributed by atoms with van der Waals surface area (Å²) >= 11 is 5.89. The van der Waals surface area contributed by atoms with E-state index in [1.807, 2.05) is 50.5 Å². The summed E-state index contributed by atoms with van der Waals surface area (Å²) in [5, 5.41) is 7.53. The first-order chi connectivity index (χ1) is 15.0. The quantitative estimate of drug-likeness (QED) is 0.434. The number of amides is 1. The SMILES string of the molecule is CN(C)CCCOc1ccc(NC(=O)CCCc2nc(-c3ccc(Cl)cc3)no2)cc1. The van der Waals surface area contributed by atoms with Crippen molar-refractivity contribution in [3.8, 4) is 17.1 Å². The van der Waals surface area contributed by atoms with Crippen molar-refractivity contribution in [3.05, 3.63) is 59.4 Å². The number of ether oxygens (including phenoxy) is 1. The fourth-order valence-electron chi connectivity index (χ4n) is 2.90. The highest BCUT2D eigenvalue weighted by Gasteiger charge is 2.10. The molecule has 0 spiro atoms. The van der Waals surface area contributed by atoms with Crippen LogP contribution in [0.5, 0.6) is 5.75 Å². The maximum atomic E-state index is 12.2. The van der Waals surface area contributed by atoms with Crippen molar-refractivity contribution in [2.45, 2.75) is 25.7 Å². The van der Waals surface area contributed by atoms with E-state index in [1.54, 1.807) is 12.1 Å². The molecule has 0 aliphatic carbocycles.